The summed E-state index contributed by atoms with van der Waals surface area (Å²) in [5, 5.41) is 5.69. The van der Waals surface area contributed by atoms with Crippen LogP contribution in [0.2, 0.25) is 0 Å². The van der Waals surface area contributed by atoms with Gasteiger partial charge in [0.2, 0.25) is 5.91 Å². The normalized spacial score (nSPS) is 14.9. The van der Waals surface area contributed by atoms with Crippen molar-refractivity contribution in [2.24, 2.45) is 0 Å². The second-order valence-corrected chi connectivity index (χ2v) is 8.57. The van der Waals surface area contributed by atoms with Gasteiger partial charge in [0.25, 0.3) is 5.91 Å². The van der Waals surface area contributed by atoms with Gasteiger partial charge >= 0.3 is 0 Å². The second kappa shape index (κ2) is 8.08. The number of carbonyl (C=O) groups is 2. The van der Waals surface area contributed by atoms with E-state index >= 15 is 0 Å². The van der Waals surface area contributed by atoms with Crippen molar-refractivity contribution in [2.45, 2.75) is 26.2 Å². The minimum absolute atomic E-state index is 0.0249. The van der Waals surface area contributed by atoms with Gasteiger partial charge in [-0.3, -0.25) is 9.59 Å². The third kappa shape index (κ3) is 4.86. The molecule has 1 saturated heterocycles. The number of amides is 2. The molecule has 27 heavy (non-hydrogen) atoms. The fourth-order valence-electron chi connectivity index (χ4n) is 3.01. The number of aromatic nitrogens is 1. The highest BCUT2D eigenvalue weighted by Crippen LogP contribution is 2.22. The SMILES string of the molecule is CC(C)(C)c1ccc(C(=O)NCC(=O)N2CCN(c3nccs3)CC2)cc1. The van der Waals surface area contributed by atoms with Crippen molar-refractivity contribution in [1.29, 1.82) is 0 Å². The van der Waals surface area contributed by atoms with E-state index in [1.807, 2.05) is 29.6 Å². The Morgan fingerprint density at radius 1 is 1.11 bits per heavy atom. The summed E-state index contributed by atoms with van der Waals surface area (Å²) >= 11 is 1.61. The maximum Gasteiger partial charge on any atom is 0.251 e. The van der Waals surface area contributed by atoms with E-state index in [-0.39, 0.29) is 23.8 Å². The monoisotopic (exact) mass is 386 g/mol. The highest BCUT2D eigenvalue weighted by molar-refractivity contribution is 7.13. The molecule has 0 aliphatic carbocycles. The highest BCUT2D eigenvalue weighted by Gasteiger charge is 2.22. The molecular weight excluding hydrogens is 360 g/mol. The Labute approximate surface area is 164 Å². The molecule has 1 aliphatic heterocycles. The number of nitrogens with one attached hydrogen (secondary N) is 1. The average molecular weight is 387 g/mol. The largest absolute Gasteiger partial charge is 0.345 e. The Morgan fingerprint density at radius 2 is 1.78 bits per heavy atom. The number of anilines is 1. The lowest BCUT2D eigenvalue weighted by Gasteiger charge is -2.34. The van der Waals surface area contributed by atoms with Crippen LogP contribution in [0.3, 0.4) is 0 Å². The lowest BCUT2D eigenvalue weighted by atomic mass is 9.87. The van der Waals surface area contributed by atoms with Crippen molar-refractivity contribution in [1.82, 2.24) is 15.2 Å². The quantitative estimate of drug-likeness (QED) is 0.877. The molecule has 1 N–H and O–H groups in total. The van der Waals surface area contributed by atoms with Gasteiger partial charge in [0.05, 0.1) is 6.54 Å². The Morgan fingerprint density at radius 3 is 2.33 bits per heavy atom. The molecule has 1 fully saturated rings. The lowest BCUT2D eigenvalue weighted by molar-refractivity contribution is -0.130. The third-order valence-electron chi connectivity index (χ3n) is 4.74. The first-order chi connectivity index (χ1) is 12.8. The molecule has 7 heteroatoms. The van der Waals surface area contributed by atoms with E-state index in [4.69, 9.17) is 0 Å². The van der Waals surface area contributed by atoms with Gasteiger partial charge in [-0.15, -0.1) is 11.3 Å². The van der Waals surface area contributed by atoms with Gasteiger partial charge in [0.1, 0.15) is 0 Å². The van der Waals surface area contributed by atoms with E-state index in [9.17, 15) is 9.59 Å². The summed E-state index contributed by atoms with van der Waals surface area (Å²) in [5.74, 6) is -0.265. The molecule has 0 bridgehead atoms. The summed E-state index contributed by atoms with van der Waals surface area (Å²) < 4.78 is 0. The van der Waals surface area contributed by atoms with E-state index in [0.29, 0.717) is 18.7 Å². The highest BCUT2D eigenvalue weighted by atomic mass is 32.1. The minimum atomic E-state index is -0.217. The molecule has 2 amide bonds. The van der Waals surface area contributed by atoms with Gasteiger partial charge in [-0.25, -0.2) is 4.98 Å². The zero-order valence-electron chi connectivity index (χ0n) is 16.1. The van der Waals surface area contributed by atoms with E-state index in [2.05, 4.69) is 36.0 Å². The number of piperazine rings is 1. The second-order valence-electron chi connectivity index (χ2n) is 7.69. The Balaban J connectivity index is 1.47. The molecular formula is C20H26N4O2S. The van der Waals surface area contributed by atoms with Crippen LogP contribution in [-0.4, -0.2) is 54.4 Å². The van der Waals surface area contributed by atoms with Crippen molar-refractivity contribution < 1.29 is 9.59 Å². The van der Waals surface area contributed by atoms with E-state index in [1.165, 1.54) is 5.56 Å². The molecule has 0 atom stereocenters. The topological polar surface area (TPSA) is 65.5 Å². The van der Waals surface area contributed by atoms with E-state index in [0.717, 1.165) is 18.2 Å². The third-order valence-corrected chi connectivity index (χ3v) is 5.57. The molecule has 6 nitrogen and oxygen atoms in total. The van der Waals surface area contributed by atoms with Crippen LogP contribution < -0.4 is 10.2 Å². The summed E-state index contributed by atoms with van der Waals surface area (Å²) in [4.78, 5) is 33.0. The molecule has 1 aliphatic rings. The number of nitrogens with zero attached hydrogens (tertiary/aromatic N) is 3. The van der Waals surface area contributed by atoms with Crippen LogP contribution in [0.5, 0.6) is 0 Å². The number of carbonyl (C=O) groups excluding carboxylic acids is 2. The number of benzene rings is 1. The summed E-state index contributed by atoms with van der Waals surface area (Å²) in [6, 6.07) is 7.56. The standard InChI is InChI=1S/C20H26N4O2S/c1-20(2,3)16-6-4-15(5-7-16)18(26)22-14-17(25)23-9-11-24(12-10-23)19-21-8-13-27-19/h4-8,13H,9-12,14H2,1-3H3,(H,22,26). The summed E-state index contributed by atoms with van der Waals surface area (Å²) in [7, 11) is 0. The molecule has 1 aromatic heterocycles. The Bertz CT molecular complexity index is 773. The molecule has 0 spiro atoms. The molecule has 0 unspecified atom stereocenters. The fraction of sp³-hybridized carbons (Fsp3) is 0.450. The molecule has 2 aromatic rings. The van der Waals surface area contributed by atoms with Gasteiger partial charge < -0.3 is 15.1 Å². The molecule has 1 aromatic carbocycles. The summed E-state index contributed by atoms with van der Waals surface area (Å²) in [6.45, 7) is 9.25. The van der Waals surface area contributed by atoms with Crippen molar-refractivity contribution in [3.8, 4) is 0 Å². The van der Waals surface area contributed by atoms with Crippen LogP contribution in [0.1, 0.15) is 36.7 Å². The van der Waals surface area contributed by atoms with Crippen LogP contribution in [-0.2, 0) is 10.2 Å². The van der Waals surface area contributed by atoms with Crippen molar-refractivity contribution in [3.63, 3.8) is 0 Å². The predicted molar refractivity (Wildman–Crippen MR) is 108 cm³/mol. The van der Waals surface area contributed by atoms with E-state index in [1.54, 1.807) is 22.4 Å². The molecule has 0 saturated carbocycles. The lowest BCUT2D eigenvalue weighted by Crippen LogP contribution is -2.51. The van der Waals surface area contributed by atoms with Crippen LogP contribution >= 0.6 is 11.3 Å². The smallest absolute Gasteiger partial charge is 0.251 e. The van der Waals surface area contributed by atoms with Crippen molar-refractivity contribution in [2.75, 3.05) is 37.6 Å². The average Bonchev–Trinajstić information content (AvgIpc) is 3.20. The Hall–Kier alpha value is -2.41. The summed E-state index contributed by atoms with van der Waals surface area (Å²) in [5.41, 5.74) is 1.80. The zero-order chi connectivity index (χ0) is 19.4. The minimum Gasteiger partial charge on any atom is -0.345 e. The maximum absolute atomic E-state index is 12.4. The first kappa shape index (κ1) is 19.4. The van der Waals surface area contributed by atoms with Gasteiger partial charge in [-0.2, -0.15) is 0 Å². The van der Waals surface area contributed by atoms with Crippen molar-refractivity contribution >= 4 is 28.3 Å². The van der Waals surface area contributed by atoms with Gasteiger partial charge in [-0.05, 0) is 23.1 Å². The van der Waals surface area contributed by atoms with Crippen LogP contribution in [0.25, 0.3) is 0 Å². The first-order valence-electron chi connectivity index (χ1n) is 9.15. The van der Waals surface area contributed by atoms with Crippen LogP contribution in [0, 0.1) is 0 Å². The summed E-state index contributed by atoms with van der Waals surface area (Å²) in [6.07, 6.45) is 1.79. The number of hydrogen-bond acceptors (Lipinski definition) is 5. The molecule has 144 valence electrons. The predicted octanol–water partition coefficient (Wildman–Crippen LogP) is 2.52. The van der Waals surface area contributed by atoms with E-state index < -0.39 is 0 Å². The van der Waals surface area contributed by atoms with Gasteiger partial charge in [-0.1, -0.05) is 32.9 Å². The van der Waals surface area contributed by atoms with Gasteiger partial charge in [0, 0.05) is 43.3 Å². The van der Waals surface area contributed by atoms with Crippen LogP contribution in [0.4, 0.5) is 5.13 Å². The first-order valence-corrected chi connectivity index (χ1v) is 10.0. The Kier molecular flexibility index (Phi) is 5.79. The van der Waals surface area contributed by atoms with Gasteiger partial charge in [0.15, 0.2) is 5.13 Å². The number of rotatable bonds is 4. The molecule has 2 heterocycles. The van der Waals surface area contributed by atoms with Crippen LogP contribution in [0.15, 0.2) is 35.8 Å². The molecule has 0 radical (unpaired) electrons. The van der Waals surface area contributed by atoms with Crippen molar-refractivity contribution in [3.05, 3.63) is 47.0 Å². The molecule has 3 rings (SSSR count). The maximum atomic E-state index is 12.4. The fourth-order valence-corrected chi connectivity index (χ4v) is 3.71. The number of hydrogen-bond donors (Lipinski definition) is 1. The number of thiazole rings is 1. The zero-order valence-corrected chi connectivity index (χ0v) is 16.9.